The van der Waals surface area contributed by atoms with Crippen LogP contribution in [-0.4, -0.2) is 22.6 Å². The van der Waals surface area contributed by atoms with Gasteiger partial charge in [0.05, 0.1) is 17.0 Å². The Kier molecular flexibility index (Phi) is 3.69. The van der Waals surface area contributed by atoms with Crippen molar-refractivity contribution in [2.75, 3.05) is 11.9 Å². The van der Waals surface area contributed by atoms with E-state index in [-0.39, 0.29) is 6.54 Å². The SMILES string of the molecule is Cc1cc(C#N)cc(NCC(C)(C)C(=O)O)n1. The monoisotopic (exact) mass is 233 g/mol. The normalized spacial score (nSPS) is 10.7. The molecule has 0 bridgehead atoms. The van der Waals surface area contributed by atoms with E-state index in [2.05, 4.69) is 10.3 Å². The van der Waals surface area contributed by atoms with Crippen LogP contribution in [0.4, 0.5) is 5.82 Å². The lowest BCUT2D eigenvalue weighted by Gasteiger charge is -2.19. The molecule has 0 aromatic carbocycles. The van der Waals surface area contributed by atoms with Gasteiger partial charge in [-0.3, -0.25) is 4.79 Å². The van der Waals surface area contributed by atoms with Crippen LogP contribution in [-0.2, 0) is 4.79 Å². The minimum Gasteiger partial charge on any atom is -0.481 e. The zero-order valence-corrected chi connectivity index (χ0v) is 10.1. The lowest BCUT2D eigenvalue weighted by atomic mass is 9.94. The first-order valence-electron chi connectivity index (χ1n) is 5.21. The third-order valence-electron chi connectivity index (χ3n) is 2.37. The van der Waals surface area contributed by atoms with Gasteiger partial charge in [-0.25, -0.2) is 4.98 Å². The van der Waals surface area contributed by atoms with Crippen molar-refractivity contribution < 1.29 is 9.90 Å². The third kappa shape index (κ3) is 3.45. The van der Waals surface area contributed by atoms with Crippen molar-refractivity contribution >= 4 is 11.8 Å². The molecule has 2 N–H and O–H groups in total. The van der Waals surface area contributed by atoms with E-state index in [0.717, 1.165) is 5.69 Å². The van der Waals surface area contributed by atoms with Gasteiger partial charge in [-0.15, -0.1) is 0 Å². The molecule has 0 fully saturated rings. The molecule has 1 aromatic rings. The van der Waals surface area contributed by atoms with Crippen molar-refractivity contribution in [2.45, 2.75) is 20.8 Å². The summed E-state index contributed by atoms with van der Waals surface area (Å²) >= 11 is 0. The van der Waals surface area contributed by atoms with Crippen molar-refractivity contribution in [3.63, 3.8) is 0 Å². The van der Waals surface area contributed by atoms with Gasteiger partial charge in [0.25, 0.3) is 0 Å². The van der Waals surface area contributed by atoms with Crippen LogP contribution in [0.5, 0.6) is 0 Å². The summed E-state index contributed by atoms with van der Waals surface area (Å²) in [4.78, 5) is 15.1. The average Bonchev–Trinajstić information content (AvgIpc) is 2.25. The summed E-state index contributed by atoms with van der Waals surface area (Å²) < 4.78 is 0. The number of anilines is 1. The largest absolute Gasteiger partial charge is 0.481 e. The summed E-state index contributed by atoms with van der Waals surface area (Å²) in [7, 11) is 0. The summed E-state index contributed by atoms with van der Waals surface area (Å²) in [6.45, 7) is 5.30. The number of aromatic nitrogens is 1. The molecule has 5 nitrogen and oxygen atoms in total. The van der Waals surface area contributed by atoms with Gasteiger partial charge < -0.3 is 10.4 Å². The molecule has 1 rings (SSSR count). The van der Waals surface area contributed by atoms with Gasteiger partial charge in [0.1, 0.15) is 5.82 Å². The van der Waals surface area contributed by atoms with Gasteiger partial charge in [-0.1, -0.05) is 0 Å². The molecule has 0 radical (unpaired) electrons. The number of rotatable bonds is 4. The molecule has 0 spiro atoms. The smallest absolute Gasteiger partial charge is 0.310 e. The predicted molar refractivity (Wildman–Crippen MR) is 63.6 cm³/mol. The van der Waals surface area contributed by atoms with E-state index in [9.17, 15) is 4.79 Å². The van der Waals surface area contributed by atoms with Gasteiger partial charge >= 0.3 is 5.97 Å². The molecule has 0 aliphatic heterocycles. The fourth-order valence-electron chi connectivity index (χ4n) is 1.21. The van der Waals surface area contributed by atoms with Crippen molar-refractivity contribution in [2.24, 2.45) is 5.41 Å². The minimum absolute atomic E-state index is 0.254. The van der Waals surface area contributed by atoms with Gasteiger partial charge in [0.15, 0.2) is 0 Å². The molecule has 0 saturated carbocycles. The fraction of sp³-hybridized carbons (Fsp3) is 0.417. The molecule has 0 aliphatic carbocycles. The van der Waals surface area contributed by atoms with E-state index < -0.39 is 11.4 Å². The summed E-state index contributed by atoms with van der Waals surface area (Å²) in [5.74, 6) is -0.353. The van der Waals surface area contributed by atoms with Crippen LogP contribution in [0.3, 0.4) is 0 Å². The Morgan fingerprint density at radius 1 is 1.59 bits per heavy atom. The number of nitrogens with zero attached hydrogens (tertiary/aromatic N) is 2. The summed E-state index contributed by atoms with van der Waals surface area (Å²) in [5.41, 5.74) is 0.353. The average molecular weight is 233 g/mol. The maximum atomic E-state index is 10.9. The van der Waals surface area contributed by atoms with E-state index in [1.807, 2.05) is 6.07 Å². The Bertz CT molecular complexity index is 475. The zero-order valence-electron chi connectivity index (χ0n) is 10.1. The molecule has 0 unspecified atom stereocenters. The first-order chi connectivity index (χ1) is 7.85. The van der Waals surface area contributed by atoms with E-state index in [1.165, 1.54) is 0 Å². The van der Waals surface area contributed by atoms with Crippen LogP contribution < -0.4 is 5.32 Å². The number of carboxylic acid groups (broad SMARTS) is 1. The molecule has 1 aromatic heterocycles. The predicted octanol–water partition coefficient (Wildman–Crippen LogP) is 1.78. The molecule has 5 heteroatoms. The lowest BCUT2D eigenvalue weighted by Crippen LogP contribution is -2.32. The van der Waals surface area contributed by atoms with Gasteiger partial charge in [-0.05, 0) is 32.9 Å². The maximum absolute atomic E-state index is 10.9. The fourth-order valence-corrected chi connectivity index (χ4v) is 1.21. The second-order valence-electron chi connectivity index (χ2n) is 4.54. The second kappa shape index (κ2) is 4.83. The molecule has 0 amide bonds. The Hall–Kier alpha value is -2.09. The number of aryl methyl sites for hydroxylation is 1. The van der Waals surface area contributed by atoms with Crippen LogP contribution >= 0.6 is 0 Å². The van der Waals surface area contributed by atoms with E-state index >= 15 is 0 Å². The number of carbonyl (C=O) groups is 1. The van der Waals surface area contributed by atoms with Crippen molar-refractivity contribution in [1.82, 2.24) is 4.98 Å². The molecule has 17 heavy (non-hydrogen) atoms. The van der Waals surface area contributed by atoms with Gasteiger partial charge in [0, 0.05) is 12.2 Å². The number of hydrogen-bond acceptors (Lipinski definition) is 4. The molecule has 90 valence electrons. The number of aliphatic carboxylic acids is 1. The van der Waals surface area contributed by atoms with Crippen LogP contribution in [0.15, 0.2) is 12.1 Å². The number of nitrogens with one attached hydrogen (secondary N) is 1. The summed E-state index contributed by atoms with van der Waals surface area (Å²) in [6.07, 6.45) is 0. The quantitative estimate of drug-likeness (QED) is 0.827. The van der Waals surface area contributed by atoms with E-state index in [0.29, 0.717) is 11.4 Å². The Labute approximate surface area is 100 Å². The van der Waals surface area contributed by atoms with Crippen molar-refractivity contribution in [3.8, 4) is 6.07 Å². The Morgan fingerprint density at radius 2 is 2.24 bits per heavy atom. The lowest BCUT2D eigenvalue weighted by molar-refractivity contribution is -0.146. The topological polar surface area (TPSA) is 86.0 Å². The zero-order chi connectivity index (χ0) is 13.1. The summed E-state index contributed by atoms with van der Waals surface area (Å²) in [5, 5.41) is 20.7. The Balaban J connectivity index is 2.80. The molecule has 0 aliphatic rings. The highest BCUT2D eigenvalue weighted by Crippen LogP contribution is 2.17. The van der Waals surface area contributed by atoms with Gasteiger partial charge in [-0.2, -0.15) is 5.26 Å². The number of hydrogen-bond donors (Lipinski definition) is 2. The standard InChI is InChI=1S/C12H15N3O2/c1-8-4-9(6-13)5-10(15-8)14-7-12(2,3)11(16)17/h4-5H,7H2,1-3H3,(H,14,15)(H,16,17). The van der Waals surface area contributed by atoms with Crippen LogP contribution in [0.1, 0.15) is 25.1 Å². The second-order valence-corrected chi connectivity index (χ2v) is 4.54. The Morgan fingerprint density at radius 3 is 2.76 bits per heavy atom. The third-order valence-corrected chi connectivity index (χ3v) is 2.37. The minimum atomic E-state index is -0.877. The van der Waals surface area contributed by atoms with Gasteiger partial charge in [0.2, 0.25) is 0 Å². The first-order valence-corrected chi connectivity index (χ1v) is 5.21. The van der Waals surface area contributed by atoms with Crippen LogP contribution in [0.25, 0.3) is 0 Å². The highest BCUT2D eigenvalue weighted by atomic mass is 16.4. The molecule has 0 saturated heterocycles. The number of pyridine rings is 1. The maximum Gasteiger partial charge on any atom is 0.310 e. The molecule has 1 heterocycles. The van der Waals surface area contributed by atoms with Crippen molar-refractivity contribution in [1.29, 1.82) is 5.26 Å². The van der Waals surface area contributed by atoms with Crippen molar-refractivity contribution in [3.05, 3.63) is 23.4 Å². The number of nitriles is 1. The molecular formula is C12H15N3O2. The van der Waals surface area contributed by atoms with E-state index in [4.69, 9.17) is 10.4 Å². The van der Waals surface area contributed by atoms with Crippen LogP contribution in [0.2, 0.25) is 0 Å². The van der Waals surface area contributed by atoms with Crippen LogP contribution in [0, 0.1) is 23.7 Å². The highest BCUT2D eigenvalue weighted by molar-refractivity contribution is 5.74. The summed E-state index contributed by atoms with van der Waals surface area (Å²) in [6, 6.07) is 5.31. The molecule has 0 atom stereocenters. The molecular weight excluding hydrogens is 218 g/mol. The van der Waals surface area contributed by atoms with E-state index in [1.54, 1.807) is 32.9 Å². The number of carboxylic acids is 1. The highest BCUT2D eigenvalue weighted by Gasteiger charge is 2.26. The first kappa shape index (κ1) is 13.0.